The van der Waals surface area contributed by atoms with Crippen LogP contribution in [-0.4, -0.2) is 35.4 Å². The van der Waals surface area contributed by atoms with Crippen LogP contribution >= 0.6 is 0 Å². The van der Waals surface area contributed by atoms with Crippen molar-refractivity contribution >= 4 is 11.9 Å². The second kappa shape index (κ2) is 11.9. The zero-order valence-electron chi connectivity index (χ0n) is 16.7. The first-order chi connectivity index (χ1) is 14.0. The van der Waals surface area contributed by atoms with Gasteiger partial charge >= 0.3 is 11.9 Å². The van der Waals surface area contributed by atoms with E-state index in [4.69, 9.17) is 15.9 Å². The van der Waals surface area contributed by atoms with Gasteiger partial charge in [-0.2, -0.15) is 0 Å². The van der Waals surface area contributed by atoms with E-state index < -0.39 is 6.10 Å². The summed E-state index contributed by atoms with van der Waals surface area (Å²) in [4.78, 5) is 24.6. The third kappa shape index (κ3) is 7.95. The molecule has 29 heavy (non-hydrogen) atoms. The lowest BCUT2D eigenvalue weighted by molar-refractivity contribution is -0.160. The Morgan fingerprint density at radius 1 is 0.862 bits per heavy atom. The number of terminal acetylenes is 1. The SMILES string of the molecule is C#CC#CC#CC#CC(C)OC(=O)C1CCC(OC(=O)C2CCC(O)CC2)CC1. The molecule has 0 aromatic rings. The lowest BCUT2D eigenvalue weighted by Crippen LogP contribution is -2.33. The van der Waals surface area contributed by atoms with E-state index in [1.54, 1.807) is 6.92 Å². The number of carbonyl (C=O) groups is 2. The fourth-order valence-electron chi connectivity index (χ4n) is 3.56. The molecule has 1 atom stereocenters. The van der Waals surface area contributed by atoms with Gasteiger partial charge in [-0.05, 0) is 99.7 Å². The lowest BCUT2D eigenvalue weighted by Gasteiger charge is -2.30. The number of esters is 2. The third-order valence-corrected chi connectivity index (χ3v) is 5.21. The maximum Gasteiger partial charge on any atom is 0.310 e. The first-order valence-electron chi connectivity index (χ1n) is 10.0. The highest BCUT2D eigenvalue weighted by molar-refractivity contribution is 5.74. The Kier molecular flexibility index (Phi) is 9.18. The molecule has 2 rings (SSSR count). The molecule has 152 valence electrons. The van der Waals surface area contributed by atoms with Crippen molar-refractivity contribution in [2.75, 3.05) is 0 Å². The quantitative estimate of drug-likeness (QED) is 0.585. The molecule has 0 spiro atoms. The van der Waals surface area contributed by atoms with E-state index >= 15 is 0 Å². The molecule has 2 fully saturated rings. The summed E-state index contributed by atoms with van der Waals surface area (Å²) < 4.78 is 11.0. The van der Waals surface area contributed by atoms with E-state index in [0.717, 1.165) is 0 Å². The molecule has 0 aromatic heterocycles. The highest BCUT2D eigenvalue weighted by Crippen LogP contribution is 2.30. The van der Waals surface area contributed by atoms with Crippen molar-refractivity contribution in [2.24, 2.45) is 11.8 Å². The first-order valence-corrected chi connectivity index (χ1v) is 10.0. The Bertz CT molecular complexity index is 801. The van der Waals surface area contributed by atoms with E-state index in [2.05, 4.69) is 41.4 Å². The summed E-state index contributed by atoms with van der Waals surface area (Å²) in [5.41, 5.74) is 0. The highest BCUT2D eigenvalue weighted by Gasteiger charge is 2.32. The summed E-state index contributed by atoms with van der Waals surface area (Å²) in [7, 11) is 0. The van der Waals surface area contributed by atoms with Gasteiger partial charge in [-0.3, -0.25) is 9.59 Å². The van der Waals surface area contributed by atoms with Crippen molar-refractivity contribution in [3.8, 4) is 47.9 Å². The van der Waals surface area contributed by atoms with Crippen LogP contribution in [0, 0.1) is 59.7 Å². The van der Waals surface area contributed by atoms with Gasteiger partial charge in [-0.15, -0.1) is 6.42 Å². The maximum atomic E-state index is 12.3. The van der Waals surface area contributed by atoms with Crippen LogP contribution in [-0.2, 0) is 19.1 Å². The minimum absolute atomic E-state index is 0.110. The Morgan fingerprint density at radius 2 is 1.41 bits per heavy atom. The predicted molar refractivity (Wildman–Crippen MR) is 108 cm³/mol. The van der Waals surface area contributed by atoms with Crippen molar-refractivity contribution in [1.29, 1.82) is 0 Å². The Labute approximate surface area is 172 Å². The molecule has 0 bridgehead atoms. The minimum atomic E-state index is -0.561. The zero-order chi connectivity index (χ0) is 21.1. The molecule has 0 heterocycles. The van der Waals surface area contributed by atoms with Crippen LogP contribution in [0.25, 0.3) is 0 Å². The second-order valence-electron chi connectivity index (χ2n) is 7.41. The molecule has 0 radical (unpaired) electrons. The van der Waals surface area contributed by atoms with Crippen molar-refractivity contribution in [2.45, 2.75) is 76.6 Å². The number of hydrogen-bond acceptors (Lipinski definition) is 5. The van der Waals surface area contributed by atoms with Gasteiger partial charge in [-0.25, -0.2) is 0 Å². The fourth-order valence-corrected chi connectivity index (χ4v) is 3.56. The molecule has 0 saturated heterocycles. The summed E-state index contributed by atoms with van der Waals surface area (Å²) in [6.07, 6.45) is 9.21. The number of ether oxygens (including phenoxy) is 2. The van der Waals surface area contributed by atoms with E-state index in [-0.39, 0.29) is 36.0 Å². The molecular formula is C24H26O5. The molecule has 1 unspecified atom stereocenters. The van der Waals surface area contributed by atoms with E-state index in [1.165, 1.54) is 0 Å². The van der Waals surface area contributed by atoms with Gasteiger partial charge in [0.2, 0.25) is 0 Å². The van der Waals surface area contributed by atoms with Crippen LogP contribution in [0.5, 0.6) is 0 Å². The Balaban J connectivity index is 1.70. The van der Waals surface area contributed by atoms with Crippen LogP contribution in [0.15, 0.2) is 0 Å². The molecule has 0 aromatic carbocycles. The highest BCUT2D eigenvalue weighted by atomic mass is 16.5. The molecule has 2 aliphatic carbocycles. The first kappa shape index (κ1) is 22.4. The van der Waals surface area contributed by atoms with Gasteiger partial charge in [-0.1, -0.05) is 0 Å². The third-order valence-electron chi connectivity index (χ3n) is 5.21. The van der Waals surface area contributed by atoms with Gasteiger partial charge in [0.1, 0.15) is 6.10 Å². The molecule has 0 amide bonds. The zero-order valence-corrected chi connectivity index (χ0v) is 16.7. The van der Waals surface area contributed by atoms with Crippen LogP contribution < -0.4 is 0 Å². The number of carbonyl (C=O) groups excluding carboxylic acids is 2. The molecule has 1 N–H and O–H groups in total. The van der Waals surface area contributed by atoms with Gasteiger partial charge in [0.25, 0.3) is 0 Å². The summed E-state index contributed by atoms with van der Waals surface area (Å²) >= 11 is 0. The summed E-state index contributed by atoms with van der Waals surface area (Å²) in [5.74, 6) is 16.5. The van der Waals surface area contributed by atoms with Crippen molar-refractivity contribution in [3.63, 3.8) is 0 Å². The van der Waals surface area contributed by atoms with E-state index in [0.29, 0.717) is 51.4 Å². The normalized spacial score (nSPS) is 26.5. The molecular weight excluding hydrogens is 368 g/mol. The summed E-state index contributed by atoms with van der Waals surface area (Å²) in [6, 6.07) is 0. The molecule has 0 aliphatic heterocycles. The number of aliphatic hydroxyl groups is 1. The Hall–Kier alpha value is -2.86. The standard InChI is InChI=1S/C24H26O5/c1-3-4-5-6-7-8-9-18(2)28-23(26)20-12-16-22(17-13-20)29-24(27)19-10-14-21(25)15-11-19/h1,18-22,25H,10-17H2,2H3. The average molecular weight is 394 g/mol. The van der Waals surface area contributed by atoms with Crippen LogP contribution in [0.3, 0.4) is 0 Å². The largest absolute Gasteiger partial charge is 0.462 e. The van der Waals surface area contributed by atoms with Gasteiger partial charge in [0.05, 0.1) is 17.9 Å². The predicted octanol–water partition coefficient (Wildman–Crippen LogP) is 2.21. The molecule has 2 saturated carbocycles. The van der Waals surface area contributed by atoms with Crippen LogP contribution in [0.4, 0.5) is 0 Å². The summed E-state index contributed by atoms with van der Waals surface area (Å²) in [6.45, 7) is 1.69. The van der Waals surface area contributed by atoms with Crippen LogP contribution in [0.1, 0.15) is 58.3 Å². The number of hydrogen-bond donors (Lipinski definition) is 1. The van der Waals surface area contributed by atoms with Gasteiger partial charge in [0, 0.05) is 0 Å². The van der Waals surface area contributed by atoms with E-state index in [9.17, 15) is 14.7 Å². The minimum Gasteiger partial charge on any atom is -0.462 e. The molecule has 5 nitrogen and oxygen atoms in total. The van der Waals surface area contributed by atoms with Crippen LogP contribution in [0.2, 0.25) is 0 Å². The summed E-state index contributed by atoms with van der Waals surface area (Å²) in [5, 5.41) is 9.54. The molecule has 5 heteroatoms. The number of aliphatic hydroxyl groups excluding tert-OH is 1. The topological polar surface area (TPSA) is 72.8 Å². The second-order valence-corrected chi connectivity index (χ2v) is 7.41. The smallest absolute Gasteiger partial charge is 0.310 e. The number of rotatable bonds is 4. The average Bonchev–Trinajstić information content (AvgIpc) is 2.71. The van der Waals surface area contributed by atoms with Gasteiger partial charge in [0.15, 0.2) is 6.10 Å². The lowest BCUT2D eigenvalue weighted by atomic mass is 9.86. The van der Waals surface area contributed by atoms with Crippen molar-refractivity contribution < 1.29 is 24.2 Å². The monoisotopic (exact) mass is 394 g/mol. The van der Waals surface area contributed by atoms with Gasteiger partial charge < -0.3 is 14.6 Å². The van der Waals surface area contributed by atoms with Crippen molar-refractivity contribution in [1.82, 2.24) is 0 Å². The van der Waals surface area contributed by atoms with Crippen molar-refractivity contribution in [3.05, 3.63) is 0 Å². The fraction of sp³-hybridized carbons (Fsp3) is 0.583. The molecule has 2 aliphatic rings. The Morgan fingerprint density at radius 3 is 2.07 bits per heavy atom. The maximum absolute atomic E-state index is 12.3. The van der Waals surface area contributed by atoms with E-state index in [1.807, 2.05) is 0 Å².